The molecule has 1 aromatic heterocycles. The second kappa shape index (κ2) is 8.54. The molecule has 4 aliphatic rings. The van der Waals surface area contributed by atoms with Gasteiger partial charge in [0.1, 0.15) is 6.54 Å². The van der Waals surface area contributed by atoms with Gasteiger partial charge in [0.15, 0.2) is 0 Å². The lowest BCUT2D eigenvalue weighted by molar-refractivity contribution is -0.151. The van der Waals surface area contributed by atoms with Crippen LogP contribution in [0, 0.1) is 18.3 Å². The quantitative estimate of drug-likeness (QED) is 0.761. The summed E-state index contributed by atoms with van der Waals surface area (Å²) in [5, 5.41) is 7.66. The van der Waals surface area contributed by atoms with Crippen LogP contribution in [0.15, 0.2) is 12.3 Å². The number of morpholine rings is 1. The average molecular weight is 430 g/mol. The van der Waals surface area contributed by atoms with Gasteiger partial charge >= 0.3 is 0 Å². The van der Waals surface area contributed by atoms with E-state index in [9.17, 15) is 9.59 Å². The molecular weight excluding hydrogens is 394 g/mol. The Bertz CT molecular complexity index is 816. The van der Waals surface area contributed by atoms with Gasteiger partial charge in [-0.3, -0.25) is 19.2 Å². The van der Waals surface area contributed by atoms with Crippen molar-refractivity contribution in [3.05, 3.63) is 18.0 Å². The van der Waals surface area contributed by atoms with E-state index in [0.29, 0.717) is 24.5 Å². The number of nitrogens with zero attached hydrogens (tertiary/aromatic N) is 4. The van der Waals surface area contributed by atoms with E-state index in [0.717, 1.165) is 77.1 Å². The number of hydrogen-bond donors (Lipinski definition) is 1. The lowest BCUT2D eigenvalue weighted by Gasteiger charge is -2.53. The van der Waals surface area contributed by atoms with Gasteiger partial charge in [0, 0.05) is 44.5 Å². The van der Waals surface area contributed by atoms with Crippen molar-refractivity contribution in [2.75, 3.05) is 39.4 Å². The first-order chi connectivity index (χ1) is 15.0. The molecule has 3 atom stereocenters. The van der Waals surface area contributed by atoms with Gasteiger partial charge in [-0.05, 0) is 57.4 Å². The maximum absolute atomic E-state index is 13.5. The summed E-state index contributed by atoms with van der Waals surface area (Å²) in [6, 6.07) is 2.79. The van der Waals surface area contributed by atoms with Crippen molar-refractivity contribution < 1.29 is 14.3 Å². The fourth-order valence-electron chi connectivity index (χ4n) is 5.84. The van der Waals surface area contributed by atoms with Crippen LogP contribution < -0.4 is 5.32 Å². The molecule has 3 heterocycles. The Balaban J connectivity index is 1.31. The summed E-state index contributed by atoms with van der Waals surface area (Å²) in [7, 11) is 0. The Hall–Kier alpha value is -1.93. The standard InChI is InChI=1S/C23H35N5O3/c1-17-5-9-28(25-17)15-21(29)27-8-6-18-14-20(26-10-12-31-13-11-26)4-7-23(18,16-27)22(30)24-19-2-3-19/h5,9,18-20H,2-4,6-8,10-16H2,1H3,(H,24,30)/t18-,20-,23-/m1/s1. The number of hydrogen-bond acceptors (Lipinski definition) is 5. The van der Waals surface area contributed by atoms with Gasteiger partial charge in [0.2, 0.25) is 11.8 Å². The Morgan fingerprint density at radius 3 is 2.71 bits per heavy atom. The lowest BCUT2D eigenvalue weighted by Crippen LogP contribution is -2.62. The second-order valence-electron chi connectivity index (χ2n) is 9.94. The highest BCUT2D eigenvalue weighted by molar-refractivity contribution is 5.85. The third-order valence-electron chi connectivity index (χ3n) is 7.83. The number of fused-ring (bicyclic) bond motifs is 1. The van der Waals surface area contributed by atoms with Crippen molar-refractivity contribution in [3.63, 3.8) is 0 Å². The van der Waals surface area contributed by atoms with Crippen LogP contribution in [0.2, 0.25) is 0 Å². The summed E-state index contributed by atoms with van der Waals surface area (Å²) in [6.07, 6.45) is 7.87. The molecule has 8 heteroatoms. The minimum Gasteiger partial charge on any atom is -0.379 e. The number of carbonyl (C=O) groups is 2. The minimum atomic E-state index is -0.445. The zero-order valence-electron chi connectivity index (χ0n) is 18.6. The van der Waals surface area contributed by atoms with Crippen LogP contribution in [0.5, 0.6) is 0 Å². The number of amides is 2. The predicted molar refractivity (Wildman–Crippen MR) is 115 cm³/mol. The van der Waals surface area contributed by atoms with Gasteiger partial charge in [0.25, 0.3) is 0 Å². The molecule has 170 valence electrons. The Kier molecular flexibility index (Phi) is 5.77. The fraction of sp³-hybridized carbons (Fsp3) is 0.783. The van der Waals surface area contributed by atoms with Crippen LogP contribution in [0.4, 0.5) is 0 Å². The van der Waals surface area contributed by atoms with Crippen molar-refractivity contribution in [2.45, 2.75) is 64.1 Å². The van der Waals surface area contributed by atoms with E-state index in [1.54, 1.807) is 4.68 Å². The molecule has 1 aromatic rings. The molecule has 2 saturated heterocycles. The van der Waals surface area contributed by atoms with E-state index >= 15 is 0 Å². The molecule has 2 aliphatic heterocycles. The first kappa shape index (κ1) is 20.9. The van der Waals surface area contributed by atoms with Crippen molar-refractivity contribution in [2.24, 2.45) is 11.3 Å². The number of carbonyl (C=O) groups excluding carboxylic acids is 2. The van der Waals surface area contributed by atoms with E-state index in [4.69, 9.17) is 4.74 Å². The van der Waals surface area contributed by atoms with E-state index in [1.165, 1.54) is 0 Å². The van der Waals surface area contributed by atoms with E-state index < -0.39 is 5.41 Å². The molecular formula is C23H35N5O3. The SMILES string of the molecule is Cc1ccn(CC(=O)N2CC[C@@H]3C[C@H](N4CCOCC4)CC[C@@]3(C(=O)NC3CC3)C2)n1. The second-order valence-corrected chi connectivity index (χ2v) is 9.94. The van der Waals surface area contributed by atoms with Crippen LogP contribution in [0.25, 0.3) is 0 Å². The van der Waals surface area contributed by atoms with Crippen molar-refractivity contribution in [3.8, 4) is 0 Å². The fourth-order valence-corrected chi connectivity index (χ4v) is 5.84. The first-order valence-corrected chi connectivity index (χ1v) is 11.9. The number of likely N-dealkylation sites (tertiary alicyclic amines) is 1. The molecule has 0 radical (unpaired) electrons. The highest BCUT2D eigenvalue weighted by atomic mass is 16.5. The van der Waals surface area contributed by atoms with Crippen molar-refractivity contribution in [1.29, 1.82) is 0 Å². The smallest absolute Gasteiger partial charge is 0.244 e. The molecule has 4 fully saturated rings. The summed E-state index contributed by atoms with van der Waals surface area (Å²) in [5.41, 5.74) is 0.465. The van der Waals surface area contributed by atoms with E-state index in [2.05, 4.69) is 15.3 Å². The lowest BCUT2D eigenvalue weighted by atomic mass is 9.60. The summed E-state index contributed by atoms with van der Waals surface area (Å²) >= 11 is 0. The van der Waals surface area contributed by atoms with Gasteiger partial charge in [-0.2, -0.15) is 5.10 Å². The average Bonchev–Trinajstić information content (AvgIpc) is 3.52. The largest absolute Gasteiger partial charge is 0.379 e. The number of rotatable bonds is 5. The molecule has 2 amide bonds. The Labute approximate surface area is 184 Å². The highest BCUT2D eigenvalue weighted by Crippen LogP contribution is 2.48. The molecule has 0 unspecified atom stereocenters. The maximum Gasteiger partial charge on any atom is 0.244 e. The van der Waals surface area contributed by atoms with Crippen LogP contribution >= 0.6 is 0 Å². The van der Waals surface area contributed by atoms with Crippen LogP contribution in [0.3, 0.4) is 0 Å². The summed E-state index contributed by atoms with van der Waals surface area (Å²) in [5.74, 6) is 0.590. The number of nitrogens with one attached hydrogen (secondary N) is 1. The van der Waals surface area contributed by atoms with E-state index in [-0.39, 0.29) is 18.4 Å². The zero-order chi connectivity index (χ0) is 21.4. The molecule has 5 rings (SSSR count). The summed E-state index contributed by atoms with van der Waals surface area (Å²) in [6.45, 7) is 7.06. The topological polar surface area (TPSA) is 79.7 Å². The van der Waals surface area contributed by atoms with Crippen molar-refractivity contribution >= 4 is 11.8 Å². The zero-order valence-corrected chi connectivity index (χ0v) is 18.6. The van der Waals surface area contributed by atoms with E-state index in [1.807, 2.05) is 24.1 Å². The number of piperidine rings is 1. The molecule has 8 nitrogen and oxygen atoms in total. The predicted octanol–water partition coefficient (Wildman–Crippen LogP) is 1.19. The van der Waals surface area contributed by atoms with Crippen LogP contribution in [0.1, 0.15) is 44.2 Å². The van der Waals surface area contributed by atoms with Gasteiger partial charge in [-0.15, -0.1) is 0 Å². The first-order valence-electron chi connectivity index (χ1n) is 11.9. The van der Waals surface area contributed by atoms with Gasteiger partial charge in [-0.1, -0.05) is 0 Å². The molecule has 2 saturated carbocycles. The number of aryl methyl sites for hydroxylation is 1. The highest BCUT2D eigenvalue weighted by Gasteiger charge is 2.54. The molecule has 1 N–H and O–H groups in total. The molecule has 0 aromatic carbocycles. The summed E-state index contributed by atoms with van der Waals surface area (Å²) < 4.78 is 7.24. The maximum atomic E-state index is 13.5. The molecule has 0 spiro atoms. The van der Waals surface area contributed by atoms with Crippen LogP contribution in [-0.2, 0) is 20.9 Å². The summed E-state index contributed by atoms with van der Waals surface area (Å²) in [4.78, 5) is 31.1. The third kappa shape index (κ3) is 4.37. The Morgan fingerprint density at radius 2 is 2.00 bits per heavy atom. The Morgan fingerprint density at radius 1 is 1.19 bits per heavy atom. The van der Waals surface area contributed by atoms with Gasteiger partial charge < -0.3 is 15.0 Å². The third-order valence-corrected chi connectivity index (χ3v) is 7.83. The normalized spacial score (nSPS) is 31.8. The molecule has 0 bridgehead atoms. The van der Waals surface area contributed by atoms with Gasteiger partial charge in [0.05, 0.1) is 24.3 Å². The molecule has 2 aliphatic carbocycles. The number of ether oxygens (including phenoxy) is 1. The number of aromatic nitrogens is 2. The monoisotopic (exact) mass is 429 g/mol. The van der Waals surface area contributed by atoms with Gasteiger partial charge in [-0.25, -0.2) is 0 Å². The van der Waals surface area contributed by atoms with Crippen molar-refractivity contribution in [1.82, 2.24) is 24.9 Å². The van der Waals surface area contributed by atoms with Crippen LogP contribution in [-0.4, -0.2) is 82.9 Å². The minimum absolute atomic E-state index is 0.0652. The molecule has 31 heavy (non-hydrogen) atoms.